The summed E-state index contributed by atoms with van der Waals surface area (Å²) in [6, 6.07) is 7.12. The van der Waals surface area contributed by atoms with Crippen LogP contribution in [0.25, 0.3) is 0 Å². The van der Waals surface area contributed by atoms with Gasteiger partial charge in [-0.25, -0.2) is 0 Å². The third kappa shape index (κ3) is 4.43. The van der Waals surface area contributed by atoms with Crippen LogP contribution in [0.1, 0.15) is 25.0 Å². The van der Waals surface area contributed by atoms with E-state index in [1.165, 1.54) is 11.1 Å². The summed E-state index contributed by atoms with van der Waals surface area (Å²) in [5.41, 5.74) is 2.62. The molecule has 1 aliphatic heterocycles. The molecule has 1 unspecified atom stereocenters. The van der Waals surface area contributed by atoms with Gasteiger partial charge in [0.1, 0.15) is 5.75 Å². The van der Waals surface area contributed by atoms with Crippen LogP contribution in [0.4, 0.5) is 0 Å². The zero-order chi connectivity index (χ0) is 15.2. The van der Waals surface area contributed by atoms with Gasteiger partial charge in [-0.3, -0.25) is 4.90 Å². The van der Waals surface area contributed by atoms with E-state index in [9.17, 15) is 0 Å². The average molecular weight is 291 g/mol. The predicted molar refractivity (Wildman–Crippen MR) is 87.7 cm³/mol. The summed E-state index contributed by atoms with van der Waals surface area (Å²) in [6.45, 7) is 10.7. The van der Waals surface area contributed by atoms with Gasteiger partial charge >= 0.3 is 0 Å². The molecule has 1 aliphatic rings. The summed E-state index contributed by atoms with van der Waals surface area (Å²) in [7, 11) is 3.96. The van der Waals surface area contributed by atoms with E-state index in [1.54, 1.807) is 7.11 Å². The molecule has 4 heteroatoms. The zero-order valence-corrected chi connectivity index (χ0v) is 13.9. The van der Waals surface area contributed by atoms with Crippen molar-refractivity contribution >= 4 is 0 Å². The molecular formula is C17H29N3O. The highest BCUT2D eigenvalue weighted by Gasteiger charge is 2.22. The Bertz CT molecular complexity index is 450. The fourth-order valence-corrected chi connectivity index (χ4v) is 2.97. The van der Waals surface area contributed by atoms with Crippen molar-refractivity contribution in [3.8, 4) is 5.75 Å². The number of nitrogens with one attached hydrogen (secondary N) is 1. The summed E-state index contributed by atoms with van der Waals surface area (Å²) in [5, 5.41) is 3.39. The van der Waals surface area contributed by atoms with Crippen molar-refractivity contribution in [2.45, 2.75) is 33.0 Å². The molecule has 0 bridgehead atoms. The lowest BCUT2D eigenvalue weighted by molar-refractivity contribution is 0.0930. The highest BCUT2D eigenvalue weighted by atomic mass is 16.5. The Labute approximate surface area is 129 Å². The van der Waals surface area contributed by atoms with E-state index in [-0.39, 0.29) is 0 Å². The zero-order valence-electron chi connectivity index (χ0n) is 13.9. The topological polar surface area (TPSA) is 27.7 Å². The number of nitrogens with zero attached hydrogens (tertiary/aromatic N) is 2. The minimum absolute atomic E-state index is 0.589. The third-order valence-electron chi connectivity index (χ3n) is 4.27. The van der Waals surface area contributed by atoms with Crippen molar-refractivity contribution in [1.82, 2.24) is 15.1 Å². The monoisotopic (exact) mass is 291 g/mol. The minimum atomic E-state index is 0.589. The molecule has 0 saturated carbocycles. The summed E-state index contributed by atoms with van der Waals surface area (Å²) >= 11 is 0. The molecule has 4 nitrogen and oxygen atoms in total. The van der Waals surface area contributed by atoms with Gasteiger partial charge in [0.05, 0.1) is 7.11 Å². The molecule has 118 valence electrons. The number of ether oxygens (including phenoxy) is 1. The van der Waals surface area contributed by atoms with Crippen LogP contribution in [-0.2, 0) is 13.1 Å². The first-order valence-electron chi connectivity index (χ1n) is 7.93. The molecule has 0 aliphatic carbocycles. The molecule has 1 N–H and O–H groups in total. The highest BCUT2D eigenvalue weighted by molar-refractivity contribution is 5.37. The molecule has 0 radical (unpaired) electrons. The third-order valence-corrected chi connectivity index (χ3v) is 4.27. The second-order valence-electron chi connectivity index (χ2n) is 6.01. The van der Waals surface area contributed by atoms with Gasteiger partial charge in [0.15, 0.2) is 0 Å². The van der Waals surface area contributed by atoms with Crippen molar-refractivity contribution in [1.29, 1.82) is 0 Å². The molecule has 1 aromatic carbocycles. The number of hydrogen-bond donors (Lipinski definition) is 1. The maximum absolute atomic E-state index is 5.55. The minimum Gasteiger partial charge on any atom is -0.496 e. The van der Waals surface area contributed by atoms with Gasteiger partial charge in [0.2, 0.25) is 0 Å². The van der Waals surface area contributed by atoms with Crippen molar-refractivity contribution in [3.05, 3.63) is 29.3 Å². The van der Waals surface area contributed by atoms with Gasteiger partial charge < -0.3 is 15.0 Å². The van der Waals surface area contributed by atoms with E-state index in [4.69, 9.17) is 4.74 Å². The second kappa shape index (κ2) is 7.78. The predicted octanol–water partition coefficient (Wildman–Crippen LogP) is 1.94. The molecule has 1 aromatic rings. The summed E-state index contributed by atoms with van der Waals surface area (Å²) < 4.78 is 5.55. The van der Waals surface area contributed by atoms with Gasteiger partial charge in [-0.15, -0.1) is 0 Å². The van der Waals surface area contributed by atoms with Crippen molar-refractivity contribution < 1.29 is 4.74 Å². The number of benzene rings is 1. The van der Waals surface area contributed by atoms with Crippen LogP contribution >= 0.6 is 0 Å². The molecule has 21 heavy (non-hydrogen) atoms. The number of rotatable bonds is 6. The lowest BCUT2D eigenvalue weighted by atomic mass is 10.1. The van der Waals surface area contributed by atoms with Crippen LogP contribution in [-0.4, -0.2) is 56.2 Å². The maximum atomic E-state index is 5.55. The van der Waals surface area contributed by atoms with E-state index < -0.39 is 0 Å². The van der Waals surface area contributed by atoms with E-state index in [0.29, 0.717) is 6.04 Å². The fourth-order valence-electron chi connectivity index (χ4n) is 2.97. The first-order valence-corrected chi connectivity index (χ1v) is 7.93. The SMILES string of the molecule is CCNCc1ccc(OC)c(CN2CCN(C)CC2C)c1. The van der Waals surface area contributed by atoms with Gasteiger partial charge in [-0.1, -0.05) is 13.0 Å². The highest BCUT2D eigenvalue weighted by Crippen LogP contribution is 2.23. The van der Waals surface area contributed by atoms with Gasteiger partial charge in [-0.2, -0.15) is 0 Å². The Hall–Kier alpha value is -1.10. The van der Waals surface area contributed by atoms with Gasteiger partial charge in [0, 0.05) is 44.3 Å². The molecule has 2 rings (SSSR count). The number of piperazine rings is 1. The number of hydrogen-bond acceptors (Lipinski definition) is 4. The van der Waals surface area contributed by atoms with Crippen molar-refractivity contribution in [2.75, 3.05) is 40.3 Å². The lowest BCUT2D eigenvalue weighted by Gasteiger charge is -2.38. The first-order chi connectivity index (χ1) is 10.1. The Morgan fingerprint density at radius 3 is 2.81 bits per heavy atom. The largest absolute Gasteiger partial charge is 0.496 e. The Kier molecular flexibility index (Phi) is 6.03. The molecule has 0 amide bonds. The lowest BCUT2D eigenvalue weighted by Crippen LogP contribution is -2.49. The fraction of sp³-hybridized carbons (Fsp3) is 0.647. The molecular weight excluding hydrogens is 262 g/mol. The Balaban J connectivity index is 2.09. The molecule has 1 fully saturated rings. The van der Waals surface area contributed by atoms with E-state index in [1.807, 2.05) is 0 Å². The van der Waals surface area contributed by atoms with E-state index in [0.717, 1.165) is 45.0 Å². The number of methoxy groups -OCH3 is 1. The Morgan fingerprint density at radius 1 is 1.33 bits per heavy atom. The quantitative estimate of drug-likeness (QED) is 0.867. The number of likely N-dealkylation sites (N-methyl/N-ethyl adjacent to an activating group) is 1. The van der Waals surface area contributed by atoms with Crippen LogP contribution < -0.4 is 10.1 Å². The summed E-state index contributed by atoms with van der Waals surface area (Å²) in [4.78, 5) is 4.95. The first kappa shape index (κ1) is 16.3. The standard InChI is InChI=1S/C17H29N3O/c1-5-18-11-15-6-7-17(21-4)16(10-15)13-20-9-8-19(3)12-14(20)2/h6-7,10,14,18H,5,8-9,11-13H2,1-4H3. The van der Waals surface area contributed by atoms with Crippen LogP contribution in [0.5, 0.6) is 5.75 Å². The van der Waals surface area contributed by atoms with E-state index >= 15 is 0 Å². The van der Waals surface area contributed by atoms with Gasteiger partial charge in [-0.05, 0) is 38.2 Å². The molecule has 1 saturated heterocycles. The molecule has 0 aromatic heterocycles. The van der Waals surface area contributed by atoms with Crippen LogP contribution in [0.15, 0.2) is 18.2 Å². The van der Waals surface area contributed by atoms with Crippen LogP contribution in [0.3, 0.4) is 0 Å². The molecule has 0 spiro atoms. The average Bonchev–Trinajstić information content (AvgIpc) is 2.48. The van der Waals surface area contributed by atoms with Gasteiger partial charge in [0.25, 0.3) is 0 Å². The van der Waals surface area contributed by atoms with Crippen molar-refractivity contribution in [3.63, 3.8) is 0 Å². The van der Waals surface area contributed by atoms with Crippen LogP contribution in [0, 0.1) is 0 Å². The van der Waals surface area contributed by atoms with Crippen LogP contribution in [0.2, 0.25) is 0 Å². The molecule has 1 heterocycles. The Morgan fingerprint density at radius 2 is 2.14 bits per heavy atom. The van der Waals surface area contributed by atoms with Crippen molar-refractivity contribution in [2.24, 2.45) is 0 Å². The normalized spacial score (nSPS) is 20.7. The molecule has 1 atom stereocenters. The summed E-state index contributed by atoms with van der Waals surface area (Å²) in [5.74, 6) is 1.00. The maximum Gasteiger partial charge on any atom is 0.123 e. The summed E-state index contributed by atoms with van der Waals surface area (Å²) in [6.07, 6.45) is 0. The smallest absolute Gasteiger partial charge is 0.123 e. The van der Waals surface area contributed by atoms with E-state index in [2.05, 4.69) is 54.2 Å². The second-order valence-corrected chi connectivity index (χ2v) is 6.01.